The Balaban J connectivity index is 5.29. The fourth-order valence-electron chi connectivity index (χ4n) is 2.08. The Morgan fingerprint density at radius 2 is 1.13 bits per heavy atom. The number of aliphatic hydroxyl groups excluding tert-OH is 1. The smallest absolute Gasteiger partial charge is 0.326 e. The Bertz CT molecular complexity index is 741. The number of amides is 4. The van der Waals surface area contributed by atoms with Crippen LogP contribution in [0.5, 0.6) is 0 Å². The van der Waals surface area contributed by atoms with Crippen LogP contribution in [0.15, 0.2) is 0 Å². The largest absolute Gasteiger partial charge is 0.481 e. The van der Waals surface area contributed by atoms with Crippen LogP contribution < -0.4 is 27.4 Å². The molecule has 0 bridgehead atoms. The molecule has 4 amide bonds. The van der Waals surface area contributed by atoms with Gasteiger partial charge >= 0.3 is 17.9 Å². The normalized spacial score (nSPS) is 14.3. The third-order valence-electron chi connectivity index (χ3n) is 3.58. The maximum atomic E-state index is 12.3. The number of nitrogens with one attached hydrogen (secondary N) is 3. The van der Waals surface area contributed by atoms with Crippen LogP contribution >= 0.6 is 0 Å². The van der Waals surface area contributed by atoms with E-state index in [2.05, 4.69) is 0 Å². The van der Waals surface area contributed by atoms with Gasteiger partial charge in [-0.25, -0.2) is 4.79 Å². The Labute approximate surface area is 173 Å². The minimum absolute atomic E-state index is 0.784. The van der Waals surface area contributed by atoms with E-state index in [1.807, 2.05) is 10.6 Å². The number of aliphatic carboxylic acids is 3. The minimum atomic E-state index is -1.87. The lowest BCUT2D eigenvalue weighted by Gasteiger charge is -2.23. The van der Waals surface area contributed by atoms with Crippen LogP contribution in [0.25, 0.3) is 0 Å². The lowest BCUT2D eigenvalue weighted by atomic mass is 10.1. The molecule has 0 spiro atoms. The molecule has 0 aliphatic heterocycles. The maximum absolute atomic E-state index is 12.3. The number of carbonyl (C=O) groups excluding carboxylic acids is 4. The van der Waals surface area contributed by atoms with Crippen LogP contribution in [0.4, 0.5) is 0 Å². The fraction of sp³-hybridized carbons (Fsp3) is 0.533. The number of carbonyl (C=O) groups is 7. The zero-order valence-electron chi connectivity index (χ0n) is 15.9. The number of carboxylic acid groups (broad SMARTS) is 3. The van der Waals surface area contributed by atoms with Crippen molar-refractivity contribution >= 4 is 41.5 Å². The van der Waals surface area contributed by atoms with Crippen LogP contribution in [-0.4, -0.2) is 92.7 Å². The van der Waals surface area contributed by atoms with Crippen molar-refractivity contribution in [1.29, 1.82) is 0 Å². The molecule has 4 atom stereocenters. The van der Waals surface area contributed by atoms with Gasteiger partial charge in [0.1, 0.15) is 18.1 Å². The Kier molecular flexibility index (Phi) is 11.2. The second-order valence-electron chi connectivity index (χ2n) is 6.18. The highest BCUT2D eigenvalue weighted by atomic mass is 16.4. The molecule has 0 rings (SSSR count). The second-order valence-corrected chi connectivity index (χ2v) is 6.18. The second kappa shape index (κ2) is 12.7. The first-order chi connectivity index (χ1) is 14.3. The van der Waals surface area contributed by atoms with E-state index in [1.54, 1.807) is 5.32 Å². The third-order valence-corrected chi connectivity index (χ3v) is 3.58. The average Bonchev–Trinajstić information content (AvgIpc) is 2.63. The Morgan fingerprint density at radius 3 is 1.55 bits per heavy atom. The molecule has 11 N–H and O–H groups in total. The maximum Gasteiger partial charge on any atom is 0.326 e. The van der Waals surface area contributed by atoms with E-state index >= 15 is 0 Å². The first-order valence-corrected chi connectivity index (χ1v) is 8.50. The van der Waals surface area contributed by atoms with Crippen LogP contribution in [0.1, 0.15) is 19.3 Å². The molecule has 31 heavy (non-hydrogen) atoms. The minimum Gasteiger partial charge on any atom is -0.481 e. The molecule has 4 unspecified atom stereocenters. The highest BCUT2D eigenvalue weighted by Crippen LogP contribution is 1.99. The van der Waals surface area contributed by atoms with E-state index in [1.165, 1.54) is 0 Å². The zero-order valence-corrected chi connectivity index (χ0v) is 15.9. The van der Waals surface area contributed by atoms with Gasteiger partial charge in [0, 0.05) is 0 Å². The Hall–Kier alpha value is -3.79. The van der Waals surface area contributed by atoms with Crippen molar-refractivity contribution in [2.45, 2.75) is 43.4 Å². The molecular weight excluding hydrogens is 426 g/mol. The quantitative estimate of drug-likeness (QED) is 0.120. The summed E-state index contributed by atoms with van der Waals surface area (Å²) in [7, 11) is 0. The van der Waals surface area contributed by atoms with Crippen molar-refractivity contribution in [2.75, 3.05) is 6.61 Å². The highest BCUT2D eigenvalue weighted by molar-refractivity contribution is 5.97. The number of rotatable bonds is 14. The lowest BCUT2D eigenvalue weighted by Crippen LogP contribution is -2.58. The average molecular weight is 449 g/mol. The number of hydrogen-bond donors (Lipinski definition) is 9. The fourth-order valence-corrected chi connectivity index (χ4v) is 2.08. The number of carboxylic acids is 3. The van der Waals surface area contributed by atoms with E-state index in [0.29, 0.717) is 0 Å². The van der Waals surface area contributed by atoms with E-state index < -0.39 is 91.6 Å². The van der Waals surface area contributed by atoms with Crippen molar-refractivity contribution in [3.05, 3.63) is 0 Å². The van der Waals surface area contributed by atoms with Crippen molar-refractivity contribution in [1.82, 2.24) is 16.0 Å². The molecule has 0 saturated carbocycles. The zero-order chi connectivity index (χ0) is 24.3. The molecule has 16 nitrogen and oxygen atoms in total. The summed E-state index contributed by atoms with van der Waals surface area (Å²) in [6.45, 7) is -1.06. The van der Waals surface area contributed by atoms with Crippen molar-refractivity contribution < 1.29 is 54.0 Å². The third kappa shape index (κ3) is 10.5. The predicted octanol–water partition coefficient (Wildman–Crippen LogP) is -5.33. The molecule has 0 aliphatic rings. The lowest BCUT2D eigenvalue weighted by molar-refractivity contribution is -0.147. The van der Waals surface area contributed by atoms with Gasteiger partial charge in [-0.15, -0.1) is 0 Å². The molecule has 0 aromatic carbocycles. The molecule has 0 aromatic rings. The van der Waals surface area contributed by atoms with Gasteiger partial charge in [-0.3, -0.25) is 28.8 Å². The molecule has 0 heterocycles. The highest BCUT2D eigenvalue weighted by Gasteiger charge is 2.31. The monoisotopic (exact) mass is 449 g/mol. The summed E-state index contributed by atoms with van der Waals surface area (Å²) in [5.74, 6) is -9.31. The Morgan fingerprint density at radius 1 is 0.677 bits per heavy atom. The summed E-state index contributed by atoms with van der Waals surface area (Å²) in [6.07, 6.45) is -2.57. The van der Waals surface area contributed by atoms with Crippen LogP contribution in [0.2, 0.25) is 0 Å². The molecule has 0 fully saturated rings. The predicted molar refractivity (Wildman–Crippen MR) is 96.8 cm³/mol. The molecule has 174 valence electrons. The number of nitrogens with two attached hydrogens (primary N) is 2. The molecule has 16 heteroatoms. The molecular formula is C15H23N5O11. The van der Waals surface area contributed by atoms with Gasteiger partial charge in [0.05, 0.1) is 31.9 Å². The molecule has 0 radical (unpaired) electrons. The van der Waals surface area contributed by atoms with Crippen molar-refractivity contribution in [3.63, 3.8) is 0 Å². The standard InChI is InChI=1S/C15H23N5O11/c16-5(1-10(23)24)12(27)18-6(2-9(17)22)13(28)20-8(4-21)14(29)19-7(15(30)31)3-11(25)26/h5-8,21H,1-4,16H2,(H2,17,22)(H,18,27)(H,19,29)(H,20,28)(H,23,24)(H,25,26)(H,30,31). The van der Waals surface area contributed by atoms with Gasteiger partial charge < -0.3 is 47.8 Å². The van der Waals surface area contributed by atoms with Gasteiger partial charge in [-0.05, 0) is 0 Å². The van der Waals surface area contributed by atoms with Crippen LogP contribution in [0.3, 0.4) is 0 Å². The molecule has 0 saturated heterocycles. The first-order valence-electron chi connectivity index (χ1n) is 8.50. The number of aliphatic hydroxyl groups is 1. The summed E-state index contributed by atoms with van der Waals surface area (Å²) >= 11 is 0. The van der Waals surface area contributed by atoms with Crippen molar-refractivity contribution in [3.8, 4) is 0 Å². The summed E-state index contributed by atoms with van der Waals surface area (Å²) < 4.78 is 0. The van der Waals surface area contributed by atoms with Gasteiger partial charge in [-0.2, -0.15) is 0 Å². The SMILES string of the molecule is NC(=O)CC(NC(=O)C(N)CC(=O)O)C(=O)NC(CO)C(=O)NC(CC(=O)O)C(=O)O. The van der Waals surface area contributed by atoms with E-state index in [4.69, 9.17) is 26.8 Å². The van der Waals surface area contributed by atoms with Gasteiger partial charge in [0.2, 0.25) is 23.6 Å². The summed E-state index contributed by atoms with van der Waals surface area (Å²) in [6, 6.07) is -6.94. The van der Waals surface area contributed by atoms with E-state index in [0.717, 1.165) is 0 Å². The van der Waals surface area contributed by atoms with Crippen LogP contribution in [0, 0.1) is 0 Å². The first kappa shape index (κ1) is 27.2. The summed E-state index contributed by atoms with van der Waals surface area (Å²) in [5, 5.41) is 41.3. The van der Waals surface area contributed by atoms with Gasteiger partial charge in [0.15, 0.2) is 0 Å². The topological polar surface area (TPSA) is 289 Å². The summed E-state index contributed by atoms with van der Waals surface area (Å²) in [4.78, 5) is 79.8. The number of primary amides is 1. The number of hydrogen-bond acceptors (Lipinski definition) is 9. The van der Waals surface area contributed by atoms with Crippen LogP contribution in [-0.2, 0) is 33.6 Å². The van der Waals surface area contributed by atoms with Crippen molar-refractivity contribution in [2.24, 2.45) is 11.5 Å². The molecule has 0 aliphatic carbocycles. The molecule has 0 aromatic heterocycles. The van der Waals surface area contributed by atoms with Gasteiger partial charge in [-0.1, -0.05) is 0 Å². The van der Waals surface area contributed by atoms with E-state index in [-0.39, 0.29) is 0 Å². The van der Waals surface area contributed by atoms with E-state index in [9.17, 15) is 38.7 Å². The summed E-state index contributed by atoms with van der Waals surface area (Å²) in [5.41, 5.74) is 10.3. The van der Waals surface area contributed by atoms with Gasteiger partial charge in [0.25, 0.3) is 0 Å².